The molecule has 0 aromatic heterocycles. The van der Waals surface area contributed by atoms with Crippen molar-refractivity contribution in [3.8, 4) is 0 Å². The van der Waals surface area contributed by atoms with Gasteiger partial charge in [0.1, 0.15) is 6.29 Å². The predicted octanol–water partition coefficient (Wildman–Crippen LogP) is -6.26. The molecular weight excluding hydrogens is 498 g/mol. The number of allylic oxidation sites excluding steroid dienone is 5. The van der Waals surface area contributed by atoms with Crippen LogP contribution in [0.5, 0.6) is 0 Å². The average Bonchev–Trinajstić information content (AvgIpc) is 2.71. The molecule has 0 bridgehead atoms. The topological polar surface area (TPSA) is 132 Å². The molecule has 1 unspecified atom stereocenters. The van der Waals surface area contributed by atoms with Gasteiger partial charge in [-0.3, -0.25) is 0 Å². The summed E-state index contributed by atoms with van der Waals surface area (Å²) >= 11 is 0. The molecule has 1 aromatic carbocycles. The van der Waals surface area contributed by atoms with E-state index in [9.17, 15) is 29.0 Å². The number of aldehydes is 1. The first kappa shape index (κ1) is 40.0. The number of hydrogen-bond acceptors (Lipinski definition) is 7. The zero-order valence-corrected chi connectivity index (χ0v) is 28.9. The van der Waals surface area contributed by atoms with Crippen LogP contribution in [0.15, 0.2) is 59.2 Å². The van der Waals surface area contributed by atoms with Crippen LogP contribution in [0.2, 0.25) is 0 Å². The number of hydrogen-bond donors (Lipinski definition) is 1. The van der Waals surface area contributed by atoms with Crippen LogP contribution < -0.4 is 109 Å². The van der Waals surface area contributed by atoms with E-state index in [-0.39, 0.29) is 120 Å². The third-order valence-electron chi connectivity index (χ3n) is 5.17. The van der Waals surface area contributed by atoms with E-state index in [1.165, 1.54) is 17.7 Å². The van der Waals surface area contributed by atoms with E-state index in [4.69, 9.17) is 0 Å². The SMILES string of the molecule is CC(C)=CCC/C(C)=C/CC(C=O)(C/C=C(\C)CNc1ccccc1C(=O)[O-])P(=O)([O-])[O-].[Na+].[Na+].[Na+]. The van der Waals surface area contributed by atoms with E-state index >= 15 is 0 Å². The molecule has 176 valence electrons. The normalized spacial score (nSPS) is 13.2. The third kappa shape index (κ3) is 14.3. The Morgan fingerprint density at radius 2 is 1.51 bits per heavy atom. The van der Waals surface area contributed by atoms with E-state index in [2.05, 4.69) is 11.4 Å². The van der Waals surface area contributed by atoms with E-state index in [1.54, 1.807) is 31.2 Å². The standard InChI is InChI=1S/C24H34NO6P.3Na/c1-18(2)8-7-9-19(3)12-14-24(17-26,32(29,30)31)15-13-20(4)16-25-22-11-6-5-10-21(22)23(27)28;;;/h5-6,8,10-13,17,25H,7,9,14-16H2,1-4H3,(H,27,28)(H2,29,30,31);;;/q;3*+1/p-3/b19-12+,20-13+;;;. The summed E-state index contributed by atoms with van der Waals surface area (Å²) in [5.41, 5.74) is 3.10. The maximum Gasteiger partial charge on any atom is 1.00 e. The fourth-order valence-electron chi connectivity index (χ4n) is 2.98. The van der Waals surface area contributed by atoms with Crippen molar-refractivity contribution in [2.45, 2.75) is 58.5 Å². The molecule has 1 rings (SSSR count). The average molecular weight is 529 g/mol. The molecule has 1 aromatic rings. The van der Waals surface area contributed by atoms with Gasteiger partial charge in [-0.05, 0) is 59.4 Å². The molecule has 0 radical (unpaired) electrons. The van der Waals surface area contributed by atoms with Gasteiger partial charge in [0.25, 0.3) is 0 Å². The summed E-state index contributed by atoms with van der Waals surface area (Å²) in [4.78, 5) is 47.0. The van der Waals surface area contributed by atoms with Crippen molar-refractivity contribution in [3.63, 3.8) is 0 Å². The predicted molar refractivity (Wildman–Crippen MR) is 121 cm³/mol. The first-order valence-electron chi connectivity index (χ1n) is 10.4. The zero-order valence-electron chi connectivity index (χ0n) is 22.1. The Bertz CT molecular complexity index is 954. The number of carboxylic acid groups (broad SMARTS) is 1. The number of carbonyl (C=O) groups is 2. The van der Waals surface area contributed by atoms with Gasteiger partial charge in [-0.25, -0.2) is 0 Å². The first-order valence-corrected chi connectivity index (χ1v) is 11.9. The van der Waals surface area contributed by atoms with E-state index < -0.39 is 18.7 Å². The van der Waals surface area contributed by atoms with Crippen LogP contribution in [-0.4, -0.2) is 24.0 Å². The Balaban J connectivity index is -0.00000341. The van der Waals surface area contributed by atoms with Crippen molar-refractivity contribution in [2.24, 2.45) is 0 Å². The molecule has 0 amide bonds. The summed E-state index contributed by atoms with van der Waals surface area (Å²) in [6, 6.07) is 6.24. The summed E-state index contributed by atoms with van der Waals surface area (Å²) in [6.45, 7) is 7.73. The molecule has 1 atom stereocenters. The number of para-hydroxylation sites is 1. The molecule has 0 fully saturated rings. The molecule has 0 aliphatic heterocycles. The van der Waals surface area contributed by atoms with Crippen LogP contribution in [0, 0.1) is 0 Å². The van der Waals surface area contributed by atoms with E-state index in [1.807, 2.05) is 20.8 Å². The van der Waals surface area contributed by atoms with Gasteiger partial charge in [0, 0.05) is 17.8 Å². The van der Waals surface area contributed by atoms with Crippen LogP contribution in [-0.2, 0) is 9.36 Å². The molecule has 1 N–H and O–H groups in total. The fourth-order valence-corrected chi connectivity index (χ4v) is 3.74. The van der Waals surface area contributed by atoms with Gasteiger partial charge in [0.05, 0.1) is 11.1 Å². The van der Waals surface area contributed by atoms with Gasteiger partial charge < -0.3 is 34.4 Å². The minimum atomic E-state index is -5.23. The minimum Gasteiger partial charge on any atom is -0.810 e. The smallest absolute Gasteiger partial charge is 0.810 e. The summed E-state index contributed by atoms with van der Waals surface area (Å²) in [5.74, 6) is -1.32. The second-order valence-corrected chi connectivity index (χ2v) is 10.1. The third-order valence-corrected chi connectivity index (χ3v) is 6.73. The number of carboxylic acids is 1. The summed E-state index contributed by atoms with van der Waals surface area (Å²) < 4.78 is 12.0. The Kier molecular flexibility index (Phi) is 22.4. The number of carbonyl (C=O) groups excluding carboxylic acids is 2. The van der Waals surface area contributed by atoms with Crippen molar-refractivity contribution in [3.05, 3.63) is 64.8 Å². The number of anilines is 1. The number of benzene rings is 1. The Hall–Kier alpha value is 0.530. The monoisotopic (exact) mass is 529 g/mol. The molecule has 0 saturated heterocycles. The van der Waals surface area contributed by atoms with Crippen LogP contribution >= 0.6 is 7.60 Å². The molecule has 7 nitrogen and oxygen atoms in total. The van der Waals surface area contributed by atoms with Crippen LogP contribution in [0.3, 0.4) is 0 Å². The van der Waals surface area contributed by atoms with Crippen molar-refractivity contribution >= 4 is 25.5 Å². The van der Waals surface area contributed by atoms with Gasteiger partial charge in [0.2, 0.25) is 0 Å². The maximum absolute atomic E-state index is 12.0. The van der Waals surface area contributed by atoms with Crippen molar-refractivity contribution in [2.75, 3.05) is 11.9 Å². The second-order valence-electron chi connectivity index (χ2n) is 8.23. The maximum atomic E-state index is 12.0. The number of nitrogens with one attached hydrogen (secondary N) is 1. The number of aromatic carboxylic acids is 1. The molecule has 0 aliphatic carbocycles. The van der Waals surface area contributed by atoms with Gasteiger partial charge in [-0.2, -0.15) is 0 Å². The molecule has 0 spiro atoms. The zero-order chi connectivity index (χ0) is 24.4. The van der Waals surface area contributed by atoms with Gasteiger partial charge in [0.15, 0.2) is 0 Å². The molecule has 11 heteroatoms. The molecule has 0 heterocycles. The first-order chi connectivity index (χ1) is 14.9. The summed E-state index contributed by atoms with van der Waals surface area (Å²) in [7, 11) is -5.23. The quantitative estimate of drug-likeness (QED) is 0.116. The second kappa shape index (κ2) is 19.6. The van der Waals surface area contributed by atoms with Crippen molar-refractivity contribution in [1.82, 2.24) is 0 Å². The van der Waals surface area contributed by atoms with Crippen molar-refractivity contribution in [1.29, 1.82) is 0 Å². The summed E-state index contributed by atoms with van der Waals surface area (Å²) in [5, 5.41) is 12.1. The van der Waals surface area contributed by atoms with Crippen LogP contribution in [0.25, 0.3) is 0 Å². The molecular formula is C24H31NNa3O6P. The molecule has 0 aliphatic rings. The van der Waals surface area contributed by atoms with E-state index in [0.717, 1.165) is 12.0 Å². The largest absolute Gasteiger partial charge is 1.00 e. The van der Waals surface area contributed by atoms with Crippen LogP contribution in [0.1, 0.15) is 63.7 Å². The number of rotatable bonds is 13. The summed E-state index contributed by atoms with van der Waals surface area (Å²) in [6.07, 6.45) is 6.53. The minimum absolute atomic E-state index is 0. The van der Waals surface area contributed by atoms with Gasteiger partial charge in [-0.1, -0.05) is 60.7 Å². The van der Waals surface area contributed by atoms with Crippen LogP contribution in [0.4, 0.5) is 5.69 Å². The fraction of sp³-hybridized carbons (Fsp3) is 0.417. The molecule has 0 saturated carbocycles. The Morgan fingerprint density at radius 3 is 2.00 bits per heavy atom. The van der Waals surface area contributed by atoms with E-state index in [0.29, 0.717) is 17.7 Å². The van der Waals surface area contributed by atoms with Gasteiger partial charge in [-0.15, -0.1) is 0 Å². The van der Waals surface area contributed by atoms with Crippen molar-refractivity contribution < 1.29 is 118 Å². The Labute approximate surface area is 275 Å². The molecule has 35 heavy (non-hydrogen) atoms. The Morgan fingerprint density at radius 1 is 0.971 bits per heavy atom. The van der Waals surface area contributed by atoms with Gasteiger partial charge >= 0.3 is 88.7 Å².